The van der Waals surface area contributed by atoms with E-state index in [1.54, 1.807) is 0 Å². The number of aryl methyl sites for hydroxylation is 1. The summed E-state index contributed by atoms with van der Waals surface area (Å²) in [6.07, 6.45) is 1.03. The van der Waals surface area contributed by atoms with Gasteiger partial charge in [0.25, 0.3) is 5.91 Å². The zero-order valence-electron chi connectivity index (χ0n) is 14.7. The quantitative estimate of drug-likeness (QED) is 0.783. The van der Waals surface area contributed by atoms with E-state index in [0.29, 0.717) is 5.69 Å². The monoisotopic (exact) mass is 347 g/mol. The van der Waals surface area contributed by atoms with Crippen LogP contribution in [0.2, 0.25) is 0 Å². The Labute approximate surface area is 152 Å². The van der Waals surface area contributed by atoms with Gasteiger partial charge in [0.2, 0.25) is 5.91 Å². The SMILES string of the molecule is Cc1ccc(N2C(=O)[C@@H]3[C@@H](c4ccccc4)N4CCCN4[C@H]3C2=O)cc1. The fourth-order valence-corrected chi connectivity index (χ4v) is 4.71. The van der Waals surface area contributed by atoms with Crippen molar-refractivity contribution >= 4 is 17.5 Å². The number of amides is 2. The number of carbonyl (C=O) groups excluding carboxylic acids is 2. The van der Waals surface area contributed by atoms with E-state index in [1.807, 2.05) is 49.4 Å². The molecule has 3 heterocycles. The second kappa shape index (κ2) is 5.76. The van der Waals surface area contributed by atoms with Gasteiger partial charge in [-0.1, -0.05) is 48.0 Å². The molecule has 5 heteroatoms. The van der Waals surface area contributed by atoms with Gasteiger partial charge in [-0.25, -0.2) is 14.9 Å². The highest BCUT2D eigenvalue weighted by molar-refractivity contribution is 6.24. The average Bonchev–Trinajstić information content (AvgIpc) is 3.29. The lowest BCUT2D eigenvalue weighted by atomic mass is 9.90. The molecule has 3 saturated heterocycles. The molecule has 0 N–H and O–H groups in total. The van der Waals surface area contributed by atoms with Crippen LogP contribution in [0.5, 0.6) is 0 Å². The number of nitrogens with zero attached hydrogens (tertiary/aromatic N) is 3. The van der Waals surface area contributed by atoms with Gasteiger partial charge in [-0.05, 0) is 31.0 Å². The molecule has 0 saturated carbocycles. The molecule has 0 radical (unpaired) electrons. The Morgan fingerprint density at radius 3 is 2.15 bits per heavy atom. The maximum Gasteiger partial charge on any atom is 0.253 e. The number of hydrogen-bond donors (Lipinski definition) is 0. The molecule has 3 aliphatic heterocycles. The Morgan fingerprint density at radius 1 is 0.808 bits per heavy atom. The summed E-state index contributed by atoms with van der Waals surface area (Å²) in [6.45, 7) is 3.74. The van der Waals surface area contributed by atoms with Crippen molar-refractivity contribution in [2.45, 2.75) is 25.4 Å². The van der Waals surface area contributed by atoms with E-state index in [9.17, 15) is 9.59 Å². The largest absolute Gasteiger partial charge is 0.274 e. The third-order valence-corrected chi connectivity index (χ3v) is 5.84. The second-order valence-electron chi connectivity index (χ2n) is 7.35. The van der Waals surface area contributed by atoms with E-state index in [1.165, 1.54) is 4.90 Å². The first-order valence-electron chi connectivity index (χ1n) is 9.19. The zero-order valence-corrected chi connectivity index (χ0v) is 14.7. The van der Waals surface area contributed by atoms with Gasteiger partial charge in [0.05, 0.1) is 17.6 Å². The number of hydrogen-bond acceptors (Lipinski definition) is 4. The van der Waals surface area contributed by atoms with Crippen LogP contribution in [0.3, 0.4) is 0 Å². The molecule has 26 heavy (non-hydrogen) atoms. The van der Waals surface area contributed by atoms with Crippen molar-refractivity contribution in [3.8, 4) is 0 Å². The number of imide groups is 1. The second-order valence-corrected chi connectivity index (χ2v) is 7.35. The van der Waals surface area contributed by atoms with Crippen molar-refractivity contribution < 1.29 is 9.59 Å². The summed E-state index contributed by atoms with van der Waals surface area (Å²) < 4.78 is 0. The molecule has 132 valence electrons. The third-order valence-electron chi connectivity index (χ3n) is 5.84. The van der Waals surface area contributed by atoms with Gasteiger partial charge in [0, 0.05) is 13.1 Å². The highest BCUT2D eigenvalue weighted by Gasteiger charge is 2.62. The molecule has 2 aromatic carbocycles. The first-order chi connectivity index (χ1) is 12.7. The Morgan fingerprint density at radius 2 is 1.46 bits per heavy atom. The molecule has 0 aromatic heterocycles. The summed E-state index contributed by atoms with van der Waals surface area (Å²) in [5.74, 6) is -0.507. The molecule has 2 aromatic rings. The van der Waals surface area contributed by atoms with Gasteiger partial charge in [0.1, 0.15) is 6.04 Å². The highest BCUT2D eigenvalue weighted by Crippen LogP contribution is 2.48. The topological polar surface area (TPSA) is 43.9 Å². The number of benzene rings is 2. The smallest absolute Gasteiger partial charge is 0.253 e. The molecule has 0 spiro atoms. The Kier molecular flexibility index (Phi) is 3.48. The van der Waals surface area contributed by atoms with E-state index in [-0.39, 0.29) is 29.8 Å². The van der Waals surface area contributed by atoms with Gasteiger partial charge in [-0.3, -0.25) is 9.59 Å². The van der Waals surface area contributed by atoms with Crippen molar-refractivity contribution in [1.29, 1.82) is 0 Å². The van der Waals surface area contributed by atoms with Crippen LogP contribution in [0.25, 0.3) is 0 Å². The molecule has 5 nitrogen and oxygen atoms in total. The van der Waals surface area contributed by atoms with E-state index in [2.05, 4.69) is 22.2 Å². The maximum atomic E-state index is 13.3. The number of anilines is 1. The van der Waals surface area contributed by atoms with E-state index >= 15 is 0 Å². The summed E-state index contributed by atoms with van der Waals surface area (Å²) in [5.41, 5.74) is 2.90. The predicted octanol–water partition coefficient (Wildman–Crippen LogP) is 2.53. The molecule has 3 atom stereocenters. The van der Waals surface area contributed by atoms with Crippen LogP contribution in [0, 0.1) is 12.8 Å². The number of carbonyl (C=O) groups is 2. The molecule has 3 aliphatic rings. The highest BCUT2D eigenvalue weighted by atomic mass is 16.2. The van der Waals surface area contributed by atoms with E-state index in [4.69, 9.17) is 0 Å². The molecular weight excluding hydrogens is 326 g/mol. The Balaban J connectivity index is 1.58. The van der Waals surface area contributed by atoms with Crippen molar-refractivity contribution in [3.63, 3.8) is 0 Å². The molecule has 0 bridgehead atoms. The fraction of sp³-hybridized carbons (Fsp3) is 0.333. The van der Waals surface area contributed by atoms with Crippen LogP contribution in [0.1, 0.15) is 23.6 Å². The van der Waals surface area contributed by atoms with Gasteiger partial charge in [-0.2, -0.15) is 0 Å². The van der Waals surface area contributed by atoms with E-state index in [0.717, 1.165) is 30.6 Å². The summed E-state index contributed by atoms with van der Waals surface area (Å²) in [4.78, 5) is 28.0. The molecule has 3 fully saturated rings. The van der Waals surface area contributed by atoms with E-state index < -0.39 is 0 Å². The van der Waals surface area contributed by atoms with Gasteiger partial charge in [-0.15, -0.1) is 0 Å². The molecule has 0 unspecified atom stereocenters. The average molecular weight is 347 g/mol. The number of hydrazine groups is 1. The molecule has 2 amide bonds. The van der Waals surface area contributed by atoms with Crippen molar-refractivity contribution in [3.05, 3.63) is 65.7 Å². The lowest BCUT2D eigenvalue weighted by Gasteiger charge is -2.29. The lowest BCUT2D eigenvalue weighted by Crippen LogP contribution is -2.44. The summed E-state index contributed by atoms with van der Waals surface area (Å²) in [7, 11) is 0. The maximum absolute atomic E-state index is 13.3. The lowest BCUT2D eigenvalue weighted by molar-refractivity contribution is -0.126. The third kappa shape index (κ3) is 2.11. The molecule has 5 rings (SSSR count). The minimum absolute atomic E-state index is 0.0596. The first kappa shape index (κ1) is 15.7. The zero-order chi connectivity index (χ0) is 17.8. The number of rotatable bonds is 2. The summed E-state index contributed by atoms with van der Waals surface area (Å²) in [5, 5.41) is 4.38. The van der Waals surface area contributed by atoms with Crippen LogP contribution >= 0.6 is 0 Å². The Bertz CT molecular complexity index is 865. The van der Waals surface area contributed by atoms with Gasteiger partial charge < -0.3 is 0 Å². The summed E-state index contributed by atoms with van der Waals surface area (Å²) >= 11 is 0. The van der Waals surface area contributed by atoms with Crippen LogP contribution < -0.4 is 4.90 Å². The first-order valence-corrected chi connectivity index (χ1v) is 9.19. The minimum Gasteiger partial charge on any atom is -0.274 e. The van der Waals surface area contributed by atoms with Crippen LogP contribution in [0.15, 0.2) is 54.6 Å². The van der Waals surface area contributed by atoms with Crippen LogP contribution in [0.4, 0.5) is 5.69 Å². The number of fused-ring (bicyclic) bond motifs is 3. The van der Waals surface area contributed by atoms with Crippen molar-refractivity contribution in [2.24, 2.45) is 5.92 Å². The Hall–Kier alpha value is -2.50. The normalized spacial score (nSPS) is 28.7. The van der Waals surface area contributed by atoms with Crippen LogP contribution in [-0.4, -0.2) is 41.0 Å². The molecule has 0 aliphatic carbocycles. The summed E-state index contributed by atoms with van der Waals surface area (Å²) in [6, 6.07) is 17.3. The predicted molar refractivity (Wildman–Crippen MR) is 98.2 cm³/mol. The van der Waals surface area contributed by atoms with Crippen LogP contribution in [-0.2, 0) is 9.59 Å². The standard InChI is InChI=1S/C21H21N3O2/c1-14-8-10-16(11-9-14)24-20(25)17-18(15-6-3-2-4-7-15)22-12-5-13-23(22)19(17)21(24)26/h2-4,6-11,17-19H,5,12-13H2,1H3/t17-,18-,19-/m1/s1. The van der Waals surface area contributed by atoms with Gasteiger partial charge >= 0.3 is 0 Å². The van der Waals surface area contributed by atoms with Crippen molar-refractivity contribution in [2.75, 3.05) is 18.0 Å². The minimum atomic E-state index is -0.378. The van der Waals surface area contributed by atoms with Gasteiger partial charge in [0.15, 0.2) is 0 Å². The fourth-order valence-electron chi connectivity index (χ4n) is 4.71. The van der Waals surface area contributed by atoms with Crippen molar-refractivity contribution in [1.82, 2.24) is 10.0 Å². The molecular formula is C21H21N3O2.